The number of pyridine rings is 2. The van der Waals surface area contributed by atoms with Crippen molar-refractivity contribution in [1.82, 2.24) is 9.97 Å². The predicted octanol–water partition coefficient (Wildman–Crippen LogP) is 5.16. The molecule has 1 atom stereocenters. The lowest BCUT2D eigenvalue weighted by molar-refractivity contribution is -0.131. The van der Waals surface area contributed by atoms with Crippen molar-refractivity contribution in [2.75, 3.05) is 6.26 Å². The summed E-state index contributed by atoms with van der Waals surface area (Å²) in [6, 6.07) is 16.8. The number of hydrogen-bond acceptors (Lipinski definition) is 6. The normalized spacial score (nSPS) is 12.6. The van der Waals surface area contributed by atoms with Crippen molar-refractivity contribution in [3.63, 3.8) is 0 Å². The second kappa shape index (κ2) is 10.1. The number of rotatable bonds is 8. The largest absolute Gasteiger partial charge is 0.478 e. The van der Waals surface area contributed by atoms with E-state index in [1.165, 1.54) is 12.3 Å². The molecule has 178 valence electrons. The summed E-state index contributed by atoms with van der Waals surface area (Å²) >= 11 is 0. The lowest BCUT2D eigenvalue weighted by atomic mass is 10.0. The molecule has 0 radical (unpaired) electrons. The molecule has 0 aliphatic heterocycles. The molecule has 0 saturated heterocycles. The molecule has 0 amide bonds. The van der Waals surface area contributed by atoms with E-state index in [0.717, 1.165) is 33.7 Å². The van der Waals surface area contributed by atoms with Crippen LogP contribution in [0.15, 0.2) is 79.3 Å². The van der Waals surface area contributed by atoms with Crippen LogP contribution in [0, 0.1) is 0 Å². The molecular weight excluding hydrogens is 464 g/mol. The van der Waals surface area contributed by atoms with Crippen LogP contribution in [0.1, 0.15) is 18.1 Å². The molecule has 0 aliphatic rings. The Morgan fingerprint density at radius 3 is 2.69 bits per heavy atom. The Kier molecular flexibility index (Phi) is 6.93. The fourth-order valence-electron chi connectivity index (χ4n) is 3.65. The molecule has 0 aliphatic carbocycles. The molecule has 0 spiro atoms. The van der Waals surface area contributed by atoms with E-state index in [4.69, 9.17) is 9.84 Å². The summed E-state index contributed by atoms with van der Waals surface area (Å²) in [4.78, 5) is 19.6. The van der Waals surface area contributed by atoms with Crippen molar-refractivity contribution in [2.24, 2.45) is 0 Å². The zero-order valence-corrected chi connectivity index (χ0v) is 20.1. The number of aromatic nitrogens is 2. The molecule has 35 heavy (non-hydrogen) atoms. The Hall–Kier alpha value is -4.04. The Balaban J connectivity index is 1.68. The average molecular weight is 489 g/mol. The van der Waals surface area contributed by atoms with Gasteiger partial charge in [-0.2, -0.15) is 0 Å². The fraction of sp³-hybridized carbons (Fsp3) is 0.148. The molecule has 0 saturated carbocycles. The second-order valence-electron chi connectivity index (χ2n) is 8.32. The number of aliphatic carboxylic acids is 1. The zero-order chi connectivity index (χ0) is 25.0. The Morgan fingerprint density at radius 1 is 1.09 bits per heavy atom. The van der Waals surface area contributed by atoms with Gasteiger partial charge in [-0.05, 0) is 66.4 Å². The van der Waals surface area contributed by atoms with Crippen molar-refractivity contribution >= 4 is 32.8 Å². The number of ether oxygens (including phenoxy) is 1. The minimum absolute atomic E-state index is 0.356. The van der Waals surface area contributed by atoms with Gasteiger partial charge in [0.1, 0.15) is 21.1 Å². The van der Waals surface area contributed by atoms with Crippen LogP contribution >= 0.6 is 0 Å². The van der Waals surface area contributed by atoms with E-state index in [0.29, 0.717) is 23.4 Å². The number of carbonyl (C=O) groups is 1. The van der Waals surface area contributed by atoms with Crippen LogP contribution in [0.2, 0.25) is 0 Å². The van der Waals surface area contributed by atoms with Crippen LogP contribution in [0.5, 0.6) is 11.5 Å². The minimum Gasteiger partial charge on any atom is -0.478 e. The first-order valence-corrected chi connectivity index (χ1v) is 12.9. The van der Waals surface area contributed by atoms with Gasteiger partial charge in [-0.15, -0.1) is 0 Å². The van der Waals surface area contributed by atoms with Gasteiger partial charge in [-0.3, -0.25) is 9.97 Å². The molecule has 4 aromatic rings. The van der Waals surface area contributed by atoms with E-state index in [2.05, 4.69) is 9.97 Å². The zero-order valence-electron chi connectivity index (χ0n) is 19.3. The van der Waals surface area contributed by atoms with Crippen molar-refractivity contribution in [2.45, 2.75) is 18.6 Å². The smallest absolute Gasteiger partial charge is 0.328 e. The summed E-state index contributed by atoms with van der Waals surface area (Å²) in [7, 11) is -3.18. The summed E-state index contributed by atoms with van der Waals surface area (Å²) < 4.78 is 30.1. The van der Waals surface area contributed by atoms with Crippen LogP contribution in [-0.2, 0) is 21.1 Å². The van der Waals surface area contributed by atoms with Crippen molar-refractivity contribution in [3.05, 3.63) is 90.4 Å². The van der Waals surface area contributed by atoms with E-state index >= 15 is 0 Å². The maximum Gasteiger partial charge on any atom is 0.328 e. The van der Waals surface area contributed by atoms with Crippen LogP contribution in [0.4, 0.5) is 0 Å². The van der Waals surface area contributed by atoms with Crippen molar-refractivity contribution < 1.29 is 23.1 Å². The molecule has 0 bridgehead atoms. The SMILES string of the molecule is CC(Cc1cc(Oc2cncc(-c3cccc(C=CC(=O)O)c3)c2)c2ncccc2c1)S(C)(=O)=O. The quantitative estimate of drug-likeness (QED) is 0.341. The van der Waals surface area contributed by atoms with Gasteiger partial charge in [0.05, 0.1) is 11.4 Å². The third kappa shape index (κ3) is 6.10. The van der Waals surface area contributed by atoms with Gasteiger partial charge in [0.2, 0.25) is 0 Å². The number of nitrogens with zero attached hydrogens (tertiary/aromatic N) is 2. The standard InChI is InChI=1S/C27H24N2O5S/c1-18(35(2,32)33)11-20-13-22-7-4-10-29-27(22)25(14-20)34-24-15-23(16-28-17-24)21-6-3-5-19(12-21)8-9-26(30)31/h3-10,12-18H,11H2,1-2H3,(H,30,31). The van der Waals surface area contributed by atoms with Gasteiger partial charge in [-0.25, -0.2) is 13.2 Å². The Bertz CT molecular complexity index is 1530. The first kappa shape index (κ1) is 24.1. The third-order valence-electron chi connectivity index (χ3n) is 5.56. The first-order valence-electron chi connectivity index (χ1n) is 10.9. The molecule has 4 rings (SSSR count). The number of hydrogen-bond donors (Lipinski definition) is 1. The maximum atomic E-state index is 12.0. The summed E-state index contributed by atoms with van der Waals surface area (Å²) in [5.74, 6) is -0.00778. The summed E-state index contributed by atoms with van der Waals surface area (Å²) in [6.45, 7) is 1.69. The highest BCUT2D eigenvalue weighted by atomic mass is 32.2. The van der Waals surface area contributed by atoms with Gasteiger partial charge in [0.15, 0.2) is 5.75 Å². The third-order valence-corrected chi connectivity index (χ3v) is 7.19. The molecule has 2 heterocycles. The van der Waals surface area contributed by atoms with Gasteiger partial charge in [0, 0.05) is 35.7 Å². The van der Waals surface area contributed by atoms with Crippen LogP contribution < -0.4 is 4.74 Å². The van der Waals surface area contributed by atoms with Crippen LogP contribution in [0.25, 0.3) is 28.1 Å². The van der Waals surface area contributed by atoms with E-state index in [9.17, 15) is 13.2 Å². The maximum absolute atomic E-state index is 12.0. The predicted molar refractivity (Wildman–Crippen MR) is 136 cm³/mol. The highest BCUT2D eigenvalue weighted by Gasteiger charge is 2.17. The van der Waals surface area contributed by atoms with Crippen molar-refractivity contribution in [1.29, 1.82) is 0 Å². The van der Waals surface area contributed by atoms with Gasteiger partial charge < -0.3 is 9.84 Å². The molecule has 1 unspecified atom stereocenters. The molecule has 2 aromatic carbocycles. The second-order valence-corrected chi connectivity index (χ2v) is 10.8. The fourth-order valence-corrected chi connectivity index (χ4v) is 4.14. The summed E-state index contributed by atoms with van der Waals surface area (Å²) in [6.07, 6.45) is 9.19. The highest BCUT2D eigenvalue weighted by molar-refractivity contribution is 7.91. The van der Waals surface area contributed by atoms with E-state index in [1.807, 2.05) is 54.6 Å². The molecule has 2 aromatic heterocycles. The van der Waals surface area contributed by atoms with Crippen LogP contribution in [-0.4, -0.2) is 41.0 Å². The van der Waals surface area contributed by atoms with Crippen molar-refractivity contribution in [3.8, 4) is 22.6 Å². The Morgan fingerprint density at radius 2 is 1.91 bits per heavy atom. The molecule has 8 heteroatoms. The molecular formula is C27H24N2O5S. The average Bonchev–Trinajstić information content (AvgIpc) is 2.82. The minimum atomic E-state index is -3.18. The van der Waals surface area contributed by atoms with E-state index in [-0.39, 0.29) is 0 Å². The van der Waals surface area contributed by atoms with Gasteiger partial charge in [-0.1, -0.05) is 24.3 Å². The Labute approximate surface area is 203 Å². The number of sulfone groups is 1. The topological polar surface area (TPSA) is 106 Å². The monoisotopic (exact) mass is 488 g/mol. The van der Waals surface area contributed by atoms with Gasteiger partial charge in [0.25, 0.3) is 0 Å². The summed E-state index contributed by atoms with van der Waals surface area (Å²) in [5.41, 5.74) is 3.90. The number of benzene rings is 2. The number of fused-ring (bicyclic) bond motifs is 1. The van der Waals surface area contributed by atoms with E-state index in [1.54, 1.807) is 25.5 Å². The molecule has 1 N–H and O–H groups in total. The van der Waals surface area contributed by atoms with Gasteiger partial charge >= 0.3 is 5.97 Å². The highest BCUT2D eigenvalue weighted by Crippen LogP contribution is 2.32. The van der Waals surface area contributed by atoms with E-state index < -0.39 is 21.1 Å². The lowest BCUT2D eigenvalue weighted by Crippen LogP contribution is -2.18. The number of carboxylic acid groups (broad SMARTS) is 1. The molecule has 7 nitrogen and oxygen atoms in total. The lowest BCUT2D eigenvalue weighted by Gasteiger charge is -2.14. The molecule has 0 fully saturated rings. The summed E-state index contributed by atoms with van der Waals surface area (Å²) in [5, 5.41) is 9.19. The van der Waals surface area contributed by atoms with Crippen LogP contribution in [0.3, 0.4) is 0 Å². The number of carboxylic acids is 1. The first-order chi connectivity index (χ1) is 16.7.